The predicted octanol–water partition coefficient (Wildman–Crippen LogP) is 2.44. The minimum atomic E-state index is -0.318. The molecule has 1 saturated heterocycles. The highest BCUT2D eigenvalue weighted by Gasteiger charge is 2.20. The van der Waals surface area contributed by atoms with E-state index in [1.807, 2.05) is 13.8 Å². The maximum Gasteiger partial charge on any atom is 0.350 e. The molecule has 0 aliphatic carbocycles. The number of esters is 1. The van der Waals surface area contributed by atoms with Crippen LogP contribution < -0.4 is 10.6 Å². The molecule has 2 unspecified atom stereocenters. The summed E-state index contributed by atoms with van der Waals surface area (Å²) in [7, 11) is 1.73. The lowest BCUT2D eigenvalue weighted by atomic mass is 10.2. The molecule has 1 fully saturated rings. The molecule has 0 spiro atoms. The van der Waals surface area contributed by atoms with Gasteiger partial charge in [-0.15, -0.1) is 11.3 Å². The number of thiazole rings is 1. The van der Waals surface area contributed by atoms with Crippen LogP contribution in [-0.4, -0.2) is 63.0 Å². The van der Waals surface area contributed by atoms with Crippen molar-refractivity contribution in [1.29, 1.82) is 0 Å². The van der Waals surface area contributed by atoms with E-state index in [9.17, 15) is 4.79 Å². The largest absolute Gasteiger partial charge is 0.462 e. The number of nitrogens with zero attached hydrogens (tertiary/aromatic N) is 2. The van der Waals surface area contributed by atoms with Gasteiger partial charge in [0.2, 0.25) is 0 Å². The zero-order valence-electron chi connectivity index (χ0n) is 17.2. The van der Waals surface area contributed by atoms with Crippen molar-refractivity contribution in [2.45, 2.75) is 52.2 Å². The van der Waals surface area contributed by atoms with Gasteiger partial charge < -0.3 is 24.8 Å². The second kappa shape index (κ2) is 12.0. The van der Waals surface area contributed by atoms with Crippen LogP contribution in [0.4, 0.5) is 0 Å². The van der Waals surface area contributed by atoms with Gasteiger partial charge in [0.25, 0.3) is 0 Å². The van der Waals surface area contributed by atoms with Gasteiger partial charge in [-0.1, -0.05) is 0 Å². The first-order chi connectivity index (χ1) is 13.5. The van der Waals surface area contributed by atoms with Gasteiger partial charge in [-0.3, -0.25) is 4.99 Å². The lowest BCUT2D eigenvalue weighted by Crippen LogP contribution is -2.39. The standard InChI is InChI=1S/C19H32N4O4S/c1-5-26-18(24)16-13(2)22-17(28-16)14(3)23-19(20-4)21-9-7-10-25-12-15-8-6-11-27-15/h14-15H,5-12H2,1-4H3,(H2,20,21,23). The molecule has 2 atom stereocenters. The zero-order valence-corrected chi connectivity index (χ0v) is 18.1. The lowest BCUT2D eigenvalue weighted by molar-refractivity contribution is 0.0168. The van der Waals surface area contributed by atoms with E-state index in [2.05, 4.69) is 20.6 Å². The third kappa shape index (κ3) is 7.03. The predicted molar refractivity (Wildman–Crippen MR) is 110 cm³/mol. The smallest absolute Gasteiger partial charge is 0.350 e. The van der Waals surface area contributed by atoms with Crippen molar-refractivity contribution in [2.75, 3.05) is 40.0 Å². The quantitative estimate of drug-likeness (QED) is 0.264. The highest BCUT2D eigenvalue weighted by molar-refractivity contribution is 7.13. The average Bonchev–Trinajstić information content (AvgIpc) is 3.33. The van der Waals surface area contributed by atoms with Gasteiger partial charge in [0.1, 0.15) is 9.88 Å². The molecule has 9 heteroatoms. The van der Waals surface area contributed by atoms with Gasteiger partial charge in [0, 0.05) is 26.8 Å². The van der Waals surface area contributed by atoms with E-state index >= 15 is 0 Å². The summed E-state index contributed by atoms with van der Waals surface area (Å²) >= 11 is 1.35. The Bertz CT molecular complexity index is 644. The molecule has 28 heavy (non-hydrogen) atoms. The van der Waals surface area contributed by atoms with Crippen molar-refractivity contribution in [3.63, 3.8) is 0 Å². The molecule has 1 aromatic rings. The molecule has 2 heterocycles. The zero-order chi connectivity index (χ0) is 20.4. The van der Waals surface area contributed by atoms with E-state index in [0.717, 1.165) is 37.4 Å². The lowest BCUT2D eigenvalue weighted by Gasteiger charge is -2.16. The molecule has 2 N–H and O–H groups in total. The van der Waals surface area contributed by atoms with Crippen molar-refractivity contribution in [2.24, 2.45) is 4.99 Å². The monoisotopic (exact) mass is 412 g/mol. The summed E-state index contributed by atoms with van der Waals surface area (Å²) < 4.78 is 16.3. The second-order valence-electron chi connectivity index (χ2n) is 6.62. The fourth-order valence-electron chi connectivity index (χ4n) is 2.82. The maximum atomic E-state index is 12.0. The number of carbonyl (C=O) groups excluding carboxylic acids is 1. The number of aryl methyl sites for hydroxylation is 1. The molecule has 1 aliphatic heterocycles. The van der Waals surface area contributed by atoms with Gasteiger partial charge in [0.05, 0.1) is 31.1 Å². The Hall–Kier alpha value is -1.71. The van der Waals surface area contributed by atoms with E-state index in [4.69, 9.17) is 14.2 Å². The van der Waals surface area contributed by atoms with Crippen LogP contribution in [0, 0.1) is 6.92 Å². The number of guanidine groups is 1. The van der Waals surface area contributed by atoms with Crippen LogP contribution in [0.5, 0.6) is 0 Å². The number of carbonyl (C=O) groups is 1. The number of hydrogen-bond donors (Lipinski definition) is 2. The Morgan fingerprint density at radius 3 is 3.00 bits per heavy atom. The van der Waals surface area contributed by atoms with Gasteiger partial charge in [-0.2, -0.15) is 0 Å². The fraction of sp³-hybridized carbons (Fsp3) is 0.737. The molecular weight excluding hydrogens is 380 g/mol. The molecule has 1 aromatic heterocycles. The van der Waals surface area contributed by atoms with E-state index in [1.54, 1.807) is 14.0 Å². The summed E-state index contributed by atoms with van der Waals surface area (Å²) in [6, 6.07) is -0.0751. The van der Waals surface area contributed by atoms with Crippen LogP contribution in [0.3, 0.4) is 0 Å². The topological polar surface area (TPSA) is 94.1 Å². The van der Waals surface area contributed by atoms with Crippen LogP contribution in [0.15, 0.2) is 4.99 Å². The van der Waals surface area contributed by atoms with Crippen molar-refractivity contribution in [3.05, 3.63) is 15.6 Å². The van der Waals surface area contributed by atoms with Crippen LogP contribution in [-0.2, 0) is 14.2 Å². The Labute approximate surface area is 171 Å². The van der Waals surface area contributed by atoms with Crippen molar-refractivity contribution in [3.8, 4) is 0 Å². The van der Waals surface area contributed by atoms with E-state index in [-0.39, 0.29) is 18.1 Å². The van der Waals surface area contributed by atoms with Gasteiger partial charge in [-0.25, -0.2) is 9.78 Å². The third-order valence-electron chi connectivity index (χ3n) is 4.31. The first-order valence-electron chi connectivity index (χ1n) is 9.86. The molecule has 1 aliphatic rings. The van der Waals surface area contributed by atoms with Crippen LogP contribution in [0.1, 0.15) is 59.5 Å². The number of aromatic nitrogens is 1. The minimum absolute atomic E-state index is 0.0751. The molecule has 0 amide bonds. The summed E-state index contributed by atoms with van der Waals surface area (Å²) in [4.78, 5) is 21.3. The van der Waals surface area contributed by atoms with E-state index < -0.39 is 0 Å². The van der Waals surface area contributed by atoms with Crippen molar-refractivity contribution < 1.29 is 19.0 Å². The van der Waals surface area contributed by atoms with Gasteiger partial charge in [0.15, 0.2) is 5.96 Å². The van der Waals surface area contributed by atoms with Gasteiger partial charge >= 0.3 is 5.97 Å². The molecule has 0 bridgehead atoms. The molecular formula is C19H32N4O4S. The van der Waals surface area contributed by atoms with Crippen LogP contribution in [0.2, 0.25) is 0 Å². The van der Waals surface area contributed by atoms with Gasteiger partial charge in [-0.05, 0) is 40.0 Å². The SMILES string of the molecule is CCOC(=O)c1sc(C(C)NC(=NC)NCCCOCC2CCCO2)nc1C. The number of nitrogens with one attached hydrogen (secondary N) is 2. The van der Waals surface area contributed by atoms with Crippen molar-refractivity contribution in [1.82, 2.24) is 15.6 Å². The van der Waals surface area contributed by atoms with E-state index in [1.165, 1.54) is 11.3 Å². The first-order valence-corrected chi connectivity index (χ1v) is 10.7. The third-order valence-corrected chi connectivity index (χ3v) is 5.63. The summed E-state index contributed by atoms with van der Waals surface area (Å²) in [6.07, 6.45) is 3.38. The number of rotatable bonds is 10. The highest BCUT2D eigenvalue weighted by Crippen LogP contribution is 2.24. The molecule has 0 radical (unpaired) electrons. The summed E-state index contributed by atoms with van der Waals surface area (Å²) in [5.41, 5.74) is 0.693. The summed E-state index contributed by atoms with van der Waals surface area (Å²) in [6.45, 7) is 8.94. The molecule has 0 saturated carbocycles. The van der Waals surface area contributed by atoms with E-state index in [0.29, 0.717) is 36.4 Å². The second-order valence-corrected chi connectivity index (χ2v) is 7.65. The number of aliphatic imine (C=N–C) groups is 1. The number of hydrogen-bond acceptors (Lipinski definition) is 7. The first kappa shape index (κ1) is 22.6. The number of ether oxygens (including phenoxy) is 3. The molecule has 0 aromatic carbocycles. The average molecular weight is 413 g/mol. The maximum absolute atomic E-state index is 12.0. The fourth-order valence-corrected chi connectivity index (χ4v) is 3.78. The highest BCUT2D eigenvalue weighted by atomic mass is 32.1. The molecule has 8 nitrogen and oxygen atoms in total. The summed E-state index contributed by atoms with van der Waals surface area (Å²) in [5.74, 6) is 0.374. The Morgan fingerprint density at radius 1 is 1.50 bits per heavy atom. The minimum Gasteiger partial charge on any atom is -0.462 e. The Kier molecular flexibility index (Phi) is 9.66. The molecule has 2 rings (SSSR count). The summed E-state index contributed by atoms with van der Waals surface area (Å²) in [5, 5.41) is 7.40. The van der Waals surface area contributed by atoms with Crippen LogP contribution in [0.25, 0.3) is 0 Å². The molecule has 158 valence electrons. The van der Waals surface area contributed by atoms with Crippen molar-refractivity contribution >= 4 is 23.3 Å². The Morgan fingerprint density at radius 2 is 2.32 bits per heavy atom. The van der Waals surface area contributed by atoms with Crippen LogP contribution >= 0.6 is 11.3 Å². The normalized spacial score (nSPS) is 18.1. The Balaban J connectivity index is 1.71.